The van der Waals surface area contributed by atoms with Crippen molar-refractivity contribution in [3.05, 3.63) is 0 Å². The van der Waals surface area contributed by atoms with Crippen molar-refractivity contribution in [2.75, 3.05) is 6.61 Å². The maximum Gasteiger partial charge on any atom is 0.357 e. The van der Waals surface area contributed by atoms with E-state index in [0.717, 1.165) is 0 Å². The van der Waals surface area contributed by atoms with Crippen LogP contribution in [0.2, 0.25) is 0 Å². The summed E-state index contributed by atoms with van der Waals surface area (Å²) in [4.78, 5) is 6.91. The highest BCUT2D eigenvalue weighted by atomic mass is 27.0. The quantitative estimate of drug-likeness (QED) is 0.403. The number of hydrogen-bond donors (Lipinski definition) is 0. The molecule has 0 heterocycles. The fourth-order valence-corrected chi connectivity index (χ4v) is 0.402. The van der Waals surface area contributed by atoms with E-state index in [1.807, 2.05) is 0 Å². The average molecular weight is 152 g/mol. The summed E-state index contributed by atoms with van der Waals surface area (Å²) < 4.78 is 27.8. The second-order valence-corrected chi connectivity index (χ2v) is 2.86. The molecule has 0 aliphatic rings. The van der Waals surface area contributed by atoms with Crippen molar-refractivity contribution < 1.29 is 18.3 Å². The Morgan fingerprint density at radius 3 is 2.33 bits per heavy atom. The lowest BCUT2D eigenvalue weighted by molar-refractivity contribution is -0.160. The van der Waals surface area contributed by atoms with E-state index in [2.05, 4.69) is 4.74 Å². The van der Waals surface area contributed by atoms with E-state index in [0.29, 0.717) is 0 Å². The van der Waals surface area contributed by atoms with Gasteiger partial charge in [0, 0.05) is 0 Å². The fraction of sp³-hybridized carbons (Fsp3) is 0.750. The first-order chi connectivity index (χ1) is 3.98. The summed E-state index contributed by atoms with van der Waals surface area (Å²) in [7, 11) is 0. The highest BCUT2D eigenvalue weighted by Crippen LogP contribution is 2.08. The maximum absolute atomic E-state index is 11.9. The lowest BCUT2D eigenvalue weighted by Crippen LogP contribution is -2.30. The van der Waals surface area contributed by atoms with E-state index in [1.54, 1.807) is 0 Å². The van der Waals surface area contributed by atoms with Crippen LogP contribution in [0.25, 0.3) is 0 Å². The zero-order chi connectivity index (χ0) is 7.49. The predicted molar refractivity (Wildman–Crippen MR) is 30.1 cm³/mol. The van der Waals surface area contributed by atoms with Crippen molar-refractivity contribution in [2.24, 2.45) is 0 Å². The minimum Gasteiger partial charge on any atom is -0.463 e. The van der Waals surface area contributed by atoms with Crippen LogP contribution in [0.4, 0.5) is 8.78 Å². The summed E-state index contributed by atoms with van der Waals surface area (Å²) in [6.07, 6.45) is 0. The molecule has 52 valence electrons. The Bertz CT molecular complexity index is 110. The van der Waals surface area contributed by atoms with E-state index < -0.39 is 27.0 Å². The molecular formula is C4H7AlF2O2. The van der Waals surface area contributed by atoms with Crippen LogP contribution in [0.5, 0.6) is 0 Å². The Labute approximate surface area is 59.6 Å². The van der Waals surface area contributed by atoms with Gasteiger partial charge in [0.15, 0.2) is 0 Å². The molecule has 0 N–H and O–H groups in total. The second kappa shape index (κ2) is 3.14. The van der Waals surface area contributed by atoms with Crippen molar-refractivity contribution >= 4 is 22.3 Å². The molecule has 0 aliphatic heterocycles. The van der Waals surface area contributed by atoms with Crippen molar-refractivity contribution in [3.63, 3.8) is 0 Å². The van der Waals surface area contributed by atoms with Crippen LogP contribution in [0.1, 0.15) is 6.92 Å². The maximum atomic E-state index is 11.9. The van der Waals surface area contributed by atoms with Gasteiger partial charge in [0.25, 0.3) is 4.78 Å². The lowest BCUT2D eigenvalue weighted by Gasteiger charge is -2.08. The topological polar surface area (TPSA) is 26.3 Å². The molecule has 0 amide bonds. The van der Waals surface area contributed by atoms with Crippen LogP contribution in [-0.4, -0.2) is 33.7 Å². The summed E-state index contributed by atoms with van der Waals surface area (Å²) in [5.74, 6) is -1.41. The van der Waals surface area contributed by atoms with Gasteiger partial charge in [0.05, 0.1) is 6.61 Å². The number of carbonyl (C=O) groups excluding carboxylic acids is 1. The van der Waals surface area contributed by atoms with E-state index in [-0.39, 0.29) is 6.61 Å². The van der Waals surface area contributed by atoms with E-state index >= 15 is 0 Å². The first-order valence-corrected chi connectivity index (χ1v) is 3.53. The highest BCUT2D eigenvalue weighted by molar-refractivity contribution is 6.24. The van der Waals surface area contributed by atoms with Crippen molar-refractivity contribution in [1.29, 1.82) is 0 Å². The van der Waals surface area contributed by atoms with Crippen molar-refractivity contribution in [2.45, 2.75) is 11.7 Å². The number of ether oxygens (including phenoxy) is 1. The van der Waals surface area contributed by atoms with Gasteiger partial charge in [0.1, 0.15) is 0 Å². The first kappa shape index (κ1) is 8.86. The molecular weight excluding hydrogens is 145 g/mol. The zero-order valence-electron chi connectivity index (χ0n) is 5.28. The molecule has 0 unspecified atom stereocenters. The third-order valence-corrected chi connectivity index (χ3v) is 1.04. The molecule has 2 nitrogen and oxygen atoms in total. The molecule has 0 bridgehead atoms. The van der Waals surface area contributed by atoms with Gasteiger partial charge in [-0.1, -0.05) is 0 Å². The predicted octanol–water partition coefficient (Wildman–Crippen LogP) is -0.225. The molecule has 0 radical (unpaired) electrons. The first-order valence-electron chi connectivity index (χ1n) is 2.53. The molecule has 0 rings (SSSR count). The van der Waals surface area contributed by atoms with Gasteiger partial charge in [-0.15, -0.1) is 0 Å². The molecule has 0 fully saturated rings. The Balaban J connectivity index is 3.74. The van der Waals surface area contributed by atoms with Gasteiger partial charge in [-0.3, -0.25) is 0 Å². The van der Waals surface area contributed by atoms with Gasteiger partial charge in [-0.05, 0) is 6.92 Å². The summed E-state index contributed by atoms with van der Waals surface area (Å²) in [6.45, 7) is 1.50. The second-order valence-electron chi connectivity index (χ2n) is 1.61. The lowest BCUT2D eigenvalue weighted by atomic mass is 10.7. The van der Waals surface area contributed by atoms with Crippen LogP contribution in [0.15, 0.2) is 0 Å². The van der Waals surface area contributed by atoms with E-state index in [1.165, 1.54) is 6.92 Å². The minimum atomic E-state index is -3.21. The van der Waals surface area contributed by atoms with Gasteiger partial charge >= 0.3 is 22.3 Å². The molecule has 0 saturated heterocycles. The smallest absolute Gasteiger partial charge is 0.357 e. The highest BCUT2D eigenvalue weighted by Gasteiger charge is 2.32. The van der Waals surface area contributed by atoms with Crippen LogP contribution < -0.4 is 0 Å². The monoisotopic (exact) mass is 152 g/mol. The molecule has 0 spiro atoms. The van der Waals surface area contributed by atoms with Gasteiger partial charge in [0.2, 0.25) is 0 Å². The molecule has 5 heteroatoms. The van der Waals surface area contributed by atoms with Gasteiger partial charge in [-0.25, -0.2) is 13.6 Å². The minimum absolute atomic E-state index is 0.0106. The Morgan fingerprint density at radius 1 is 1.78 bits per heavy atom. The molecule has 0 aliphatic carbocycles. The Morgan fingerprint density at radius 2 is 2.22 bits per heavy atom. The fourth-order valence-electron chi connectivity index (χ4n) is 0.258. The number of alkyl halides is 2. The number of carbonyl (C=O) groups is 1. The summed E-state index contributed by atoms with van der Waals surface area (Å²) in [6, 6.07) is 0. The standard InChI is InChI=1S/C4H5F2O2.Al.2H/c1-2-8-4(7)3(5)6;;;/h2H2,1H3;;;. The van der Waals surface area contributed by atoms with E-state index in [4.69, 9.17) is 0 Å². The Kier molecular flexibility index (Phi) is 3.09. The molecule has 0 aromatic carbocycles. The average Bonchev–Trinajstić information content (AvgIpc) is 1.64. The molecule has 0 atom stereocenters. The SMILES string of the molecule is CCOC(=O)[C](F)(F)[AlH2]. The van der Waals surface area contributed by atoms with Crippen molar-refractivity contribution in [1.82, 2.24) is 0 Å². The van der Waals surface area contributed by atoms with E-state index in [9.17, 15) is 13.6 Å². The molecule has 0 saturated carbocycles. The number of rotatable bonds is 2. The van der Waals surface area contributed by atoms with Crippen LogP contribution in [0.3, 0.4) is 0 Å². The van der Waals surface area contributed by atoms with Crippen LogP contribution in [-0.2, 0) is 9.53 Å². The van der Waals surface area contributed by atoms with Crippen LogP contribution >= 0.6 is 0 Å². The number of halogens is 2. The number of esters is 1. The van der Waals surface area contributed by atoms with Crippen molar-refractivity contribution in [3.8, 4) is 0 Å². The van der Waals surface area contributed by atoms with Gasteiger partial charge < -0.3 is 4.74 Å². The summed E-state index contributed by atoms with van der Waals surface area (Å²) >= 11 is -0.482. The molecule has 0 aromatic rings. The summed E-state index contributed by atoms with van der Waals surface area (Å²) in [5, 5.41) is 0. The Hall–Kier alpha value is -0.138. The number of hydrogen-bond acceptors (Lipinski definition) is 2. The van der Waals surface area contributed by atoms with Gasteiger partial charge in [-0.2, -0.15) is 0 Å². The third-order valence-electron chi connectivity index (χ3n) is 0.634. The summed E-state index contributed by atoms with van der Waals surface area (Å²) in [5.41, 5.74) is 0. The molecule has 9 heavy (non-hydrogen) atoms. The normalized spacial score (nSPS) is 11.0. The largest absolute Gasteiger partial charge is 0.463 e. The van der Waals surface area contributed by atoms with Crippen LogP contribution in [0, 0.1) is 0 Å². The molecule has 0 aromatic heterocycles. The third kappa shape index (κ3) is 3.44. The zero-order valence-corrected chi connectivity index (χ0v) is 7.28.